The average Bonchev–Trinajstić information content (AvgIpc) is 2.25. The Balaban J connectivity index is 3.07. The third-order valence-electron chi connectivity index (χ3n) is 2.61. The smallest absolute Gasteiger partial charge is 0.328 e. The molecule has 0 saturated carbocycles. The van der Waals surface area contributed by atoms with Crippen LogP contribution in [0.1, 0.15) is 31.4 Å². The number of nitrogens with two attached hydrogens (primary N) is 1. The Kier molecular flexibility index (Phi) is 4.94. The minimum absolute atomic E-state index is 0.111. The molecule has 0 aliphatic carbocycles. The van der Waals surface area contributed by atoms with Gasteiger partial charge in [0.1, 0.15) is 0 Å². The van der Waals surface area contributed by atoms with Crippen LogP contribution in [0.15, 0.2) is 18.2 Å². The monoisotopic (exact) mass is 274 g/mol. The van der Waals surface area contributed by atoms with E-state index in [0.717, 1.165) is 12.1 Å². The van der Waals surface area contributed by atoms with Crippen LogP contribution in [0.3, 0.4) is 0 Å². The van der Waals surface area contributed by atoms with Crippen LogP contribution in [-0.2, 0) is 17.4 Å². The summed E-state index contributed by atoms with van der Waals surface area (Å²) in [4.78, 5) is 11.0. The quantitative estimate of drug-likeness (QED) is 0.887. The molecule has 0 aliphatic heterocycles. The van der Waals surface area contributed by atoms with Gasteiger partial charge in [-0.15, -0.1) is 0 Å². The minimum Gasteiger partial charge on any atom is -0.328 e. The van der Waals surface area contributed by atoms with Gasteiger partial charge in [0.25, 0.3) is 0 Å². The highest BCUT2D eigenvalue weighted by Crippen LogP contribution is 2.32. The summed E-state index contributed by atoms with van der Waals surface area (Å²) in [6.07, 6.45) is -3.46. The highest BCUT2D eigenvalue weighted by Gasteiger charge is 2.31. The highest BCUT2D eigenvalue weighted by molar-refractivity contribution is 5.89. The third-order valence-corrected chi connectivity index (χ3v) is 2.61. The van der Waals surface area contributed by atoms with E-state index in [1.807, 2.05) is 0 Å². The lowest BCUT2D eigenvalue weighted by Gasteiger charge is -2.14. The summed E-state index contributed by atoms with van der Waals surface area (Å²) in [5, 5.41) is 2.53. The Morgan fingerprint density at radius 1 is 1.42 bits per heavy atom. The summed E-state index contributed by atoms with van der Waals surface area (Å²) in [7, 11) is 0. The van der Waals surface area contributed by atoms with Crippen molar-refractivity contribution in [1.82, 2.24) is 0 Å². The van der Waals surface area contributed by atoms with Crippen LogP contribution in [0.25, 0.3) is 0 Å². The van der Waals surface area contributed by atoms with Gasteiger partial charge in [-0.2, -0.15) is 13.2 Å². The number of nitrogens with one attached hydrogen (secondary N) is 1. The fourth-order valence-corrected chi connectivity index (χ4v) is 1.67. The van der Waals surface area contributed by atoms with E-state index in [1.54, 1.807) is 6.92 Å². The number of carbonyl (C=O) groups excluding carboxylic acids is 1. The molecular formula is C13H17F3N2O. The number of benzene rings is 1. The van der Waals surface area contributed by atoms with Crippen LogP contribution in [-0.4, -0.2) is 11.9 Å². The number of amides is 1. The lowest BCUT2D eigenvalue weighted by Crippen LogP contribution is -2.17. The second-order valence-corrected chi connectivity index (χ2v) is 4.57. The first-order chi connectivity index (χ1) is 8.70. The van der Waals surface area contributed by atoms with Crippen LogP contribution >= 0.6 is 0 Å². The van der Waals surface area contributed by atoms with Crippen LogP contribution < -0.4 is 11.1 Å². The number of rotatable bonds is 4. The predicted molar refractivity (Wildman–Crippen MR) is 67.7 cm³/mol. The molecule has 1 unspecified atom stereocenters. The molecule has 1 aromatic rings. The summed E-state index contributed by atoms with van der Waals surface area (Å²) in [6.45, 7) is 3.10. The maximum absolute atomic E-state index is 12.6. The Bertz CT molecular complexity index is 456. The molecule has 0 saturated heterocycles. The van der Waals surface area contributed by atoms with E-state index in [2.05, 4.69) is 5.32 Å². The molecule has 0 aromatic heterocycles. The summed E-state index contributed by atoms with van der Waals surface area (Å²) < 4.78 is 37.9. The van der Waals surface area contributed by atoms with E-state index in [9.17, 15) is 18.0 Å². The van der Waals surface area contributed by atoms with Crippen molar-refractivity contribution in [1.29, 1.82) is 0 Å². The first-order valence-corrected chi connectivity index (χ1v) is 5.93. The van der Waals surface area contributed by atoms with Crippen LogP contribution in [0.4, 0.5) is 18.9 Å². The largest absolute Gasteiger partial charge is 0.416 e. The number of halogens is 3. The molecular weight excluding hydrogens is 257 g/mol. The lowest BCUT2D eigenvalue weighted by molar-refractivity contribution is -0.137. The lowest BCUT2D eigenvalue weighted by atomic mass is 10.0. The Morgan fingerprint density at radius 2 is 2.05 bits per heavy atom. The zero-order valence-electron chi connectivity index (χ0n) is 10.8. The average molecular weight is 274 g/mol. The van der Waals surface area contributed by atoms with Crippen molar-refractivity contribution in [3.05, 3.63) is 29.3 Å². The molecule has 1 amide bonds. The van der Waals surface area contributed by atoms with Gasteiger partial charge in [-0.05, 0) is 43.5 Å². The van der Waals surface area contributed by atoms with Gasteiger partial charge >= 0.3 is 6.18 Å². The van der Waals surface area contributed by atoms with Crippen molar-refractivity contribution in [3.8, 4) is 0 Å². The normalized spacial score (nSPS) is 13.2. The van der Waals surface area contributed by atoms with Crippen LogP contribution in [0.2, 0.25) is 0 Å². The van der Waals surface area contributed by atoms with Crippen molar-refractivity contribution >= 4 is 11.6 Å². The molecule has 0 aliphatic rings. The van der Waals surface area contributed by atoms with Crippen molar-refractivity contribution < 1.29 is 18.0 Å². The minimum atomic E-state index is -4.39. The number of hydrogen-bond donors (Lipinski definition) is 2. The molecule has 3 N–H and O–H groups in total. The maximum Gasteiger partial charge on any atom is 0.416 e. The van der Waals surface area contributed by atoms with E-state index in [0.29, 0.717) is 24.1 Å². The van der Waals surface area contributed by atoms with Gasteiger partial charge < -0.3 is 11.1 Å². The molecule has 19 heavy (non-hydrogen) atoms. The number of anilines is 1. The SMILES string of the molecule is CC(=O)Nc1ccc(C(F)(F)F)cc1CCC(C)N. The van der Waals surface area contributed by atoms with Gasteiger partial charge in [-0.25, -0.2) is 0 Å². The standard InChI is InChI=1S/C13H17F3N2O/c1-8(17)3-4-10-7-11(13(14,15)16)5-6-12(10)18-9(2)19/h5-8H,3-4,17H2,1-2H3,(H,18,19). The molecule has 0 fully saturated rings. The summed E-state index contributed by atoms with van der Waals surface area (Å²) in [5.41, 5.74) is 5.74. The van der Waals surface area contributed by atoms with Gasteiger partial charge in [0.05, 0.1) is 5.56 Å². The van der Waals surface area contributed by atoms with E-state index < -0.39 is 11.7 Å². The zero-order chi connectivity index (χ0) is 14.6. The van der Waals surface area contributed by atoms with E-state index in [-0.39, 0.29) is 11.9 Å². The number of hydrogen-bond acceptors (Lipinski definition) is 2. The first kappa shape index (κ1) is 15.5. The van der Waals surface area contributed by atoms with Gasteiger partial charge in [-0.1, -0.05) is 0 Å². The van der Waals surface area contributed by atoms with Gasteiger partial charge in [0, 0.05) is 18.7 Å². The van der Waals surface area contributed by atoms with Crippen molar-refractivity contribution in [3.63, 3.8) is 0 Å². The summed E-state index contributed by atoms with van der Waals surface area (Å²) >= 11 is 0. The summed E-state index contributed by atoms with van der Waals surface area (Å²) in [6, 6.07) is 3.19. The maximum atomic E-state index is 12.6. The molecule has 1 aromatic carbocycles. The van der Waals surface area contributed by atoms with Gasteiger partial charge in [-0.3, -0.25) is 4.79 Å². The van der Waals surface area contributed by atoms with E-state index >= 15 is 0 Å². The zero-order valence-corrected chi connectivity index (χ0v) is 10.8. The van der Waals surface area contributed by atoms with E-state index in [4.69, 9.17) is 5.73 Å². The topological polar surface area (TPSA) is 55.1 Å². The van der Waals surface area contributed by atoms with Crippen LogP contribution in [0, 0.1) is 0 Å². The first-order valence-electron chi connectivity index (χ1n) is 5.93. The van der Waals surface area contributed by atoms with Crippen LogP contribution in [0.5, 0.6) is 0 Å². The molecule has 0 radical (unpaired) electrons. The predicted octanol–water partition coefficient (Wildman–Crippen LogP) is 2.94. The molecule has 1 atom stereocenters. The van der Waals surface area contributed by atoms with Crippen molar-refractivity contribution in [2.45, 2.75) is 38.9 Å². The molecule has 3 nitrogen and oxygen atoms in total. The van der Waals surface area contributed by atoms with Gasteiger partial charge in [0.15, 0.2) is 0 Å². The number of alkyl halides is 3. The van der Waals surface area contributed by atoms with Gasteiger partial charge in [0.2, 0.25) is 5.91 Å². The fourth-order valence-electron chi connectivity index (χ4n) is 1.67. The molecule has 0 heterocycles. The third kappa shape index (κ3) is 4.90. The summed E-state index contributed by atoms with van der Waals surface area (Å²) in [5.74, 6) is -0.318. The number of carbonyl (C=O) groups is 1. The number of aryl methyl sites for hydroxylation is 1. The molecule has 0 bridgehead atoms. The fraction of sp³-hybridized carbons (Fsp3) is 0.462. The van der Waals surface area contributed by atoms with E-state index in [1.165, 1.54) is 13.0 Å². The van der Waals surface area contributed by atoms with Crippen molar-refractivity contribution in [2.24, 2.45) is 5.73 Å². The molecule has 0 spiro atoms. The Morgan fingerprint density at radius 3 is 2.53 bits per heavy atom. The molecule has 6 heteroatoms. The Hall–Kier alpha value is -1.56. The van der Waals surface area contributed by atoms with Crippen molar-refractivity contribution in [2.75, 3.05) is 5.32 Å². The Labute approximate surface area is 110 Å². The highest BCUT2D eigenvalue weighted by atomic mass is 19.4. The molecule has 106 valence electrons. The molecule has 1 rings (SSSR count). The second-order valence-electron chi connectivity index (χ2n) is 4.57. The second kappa shape index (κ2) is 6.06.